The minimum absolute atomic E-state index is 0.263. The van der Waals surface area contributed by atoms with Gasteiger partial charge in [0.1, 0.15) is 10.7 Å². The zero-order valence-corrected chi connectivity index (χ0v) is 14.6. The van der Waals surface area contributed by atoms with Crippen molar-refractivity contribution in [3.05, 3.63) is 28.5 Å². The Morgan fingerprint density at radius 2 is 2.00 bits per heavy atom. The molecule has 0 atom stereocenters. The summed E-state index contributed by atoms with van der Waals surface area (Å²) in [7, 11) is -0.189. The SMILES string of the molecule is CN1CCC(CN(C)S(=O)(=O)c2ccc(Br)cc2F)CC1. The monoisotopic (exact) mass is 378 g/mol. The summed E-state index contributed by atoms with van der Waals surface area (Å²) in [5.74, 6) is -0.390. The van der Waals surface area contributed by atoms with E-state index in [-0.39, 0.29) is 4.90 Å². The molecule has 0 spiro atoms. The standard InChI is InChI=1S/C14H20BrFN2O2S/c1-17-7-5-11(6-8-17)10-18(2)21(19,20)14-4-3-12(15)9-13(14)16/h3-4,9,11H,5-8,10H2,1-2H3. The van der Waals surface area contributed by atoms with Gasteiger partial charge in [-0.2, -0.15) is 0 Å². The van der Waals surface area contributed by atoms with E-state index >= 15 is 0 Å². The van der Waals surface area contributed by atoms with E-state index in [9.17, 15) is 12.8 Å². The lowest BCUT2D eigenvalue weighted by molar-refractivity contribution is 0.202. The van der Waals surface area contributed by atoms with Crippen LogP contribution in [0.4, 0.5) is 4.39 Å². The van der Waals surface area contributed by atoms with Gasteiger partial charge < -0.3 is 4.90 Å². The predicted octanol–water partition coefficient (Wildman–Crippen LogP) is 2.55. The number of likely N-dealkylation sites (tertiary alicyclic amines) is 1. The van der Waals surface area contributed by atoms with Crippen molar-refractivity contribution in [2.45, 2.75) is 17.7 Å². The Bertz CT molecular complexity index is 601. The molecule has 0 radical (unpaired) electrons. The van der Waals surface area contributed by atoms with Crippen LogP contribution in [0.3, 0.4) is 0 Å². The molecule has 0 aliphatic carbocycles. The lowest BCUT2D eigenvalue weighted by atomic mass is 9.97. The average molecular weight is 379 g/mol. The molecule has 0 bridgehead atoms. The highest BCUT2D eigenvalue weighted by Gasteiger charge is 2.27. The molecular formula is C14H20BrFN2O2S. The molecule has 1 aromatic rings. The first kappa shape index (κ1) is 16.9. The third-order valence-corrected chi connectivity index (χ3v) is 6.29. The van der Waals surface area contributed by atoms with Crippen LogP contribution < -0.4 is 0 Å². The molecule has 1 aliphatic heterocycles. The first-order valence-electron chi connectivity index (χ1n) is 6.90. The van der Waals surface area contributed by atoms with E-state index in [0.29, 0.717) is 16.9 Å². The first-order chi connectivity index (χ1) is 9.80. The summed E-state index contributed by atoms with van der Waals surface area (Å²) in [6, 6.07) is 4.02. The number of piperidine rings is 1. The summed E-state index contributed by atoms with van der Waals surface area (Å²) in [6.07, 6.45) is 1.94. The molecule has 4 nitrogen and oxygen atoms in total. The zero-order valence-electron chi connectivity index (χ0n) is 12.2. The molecule has 21 heavy (non-hydrogen) atoms. The fourth-order valence-corrected chi connectivity index (χ4v) is 4.18. The van der Waals surface area contributed by atoms with E-state index in [0.717, 1.165) is 25.9 Å². The second-order valence-corrected chi connectivity index (χ2v) is 8.54. The Morgan fingerprint density at radius 3 is 2.57 bits per heavy atom. The summed E-state index contributed by atoms with van der Waals surface area (Å²) in [5, 5.41) is 0. The molecule has 0 saturated carbocycles. The van der Waals surface area contributed by atoms with Gasteiger partial charge >= 0.3 is 0 Å². The Kier molecular flexibility index (Phi) is 5.40. The number of halogens is 2. The van der Waals surface area contributed by atoms with Gasteiger partial charge in [0.15, 0.2) is 0 Å². The molecule has 118 valence electrons. The van der Waals surface area contributed by atoms with Crippen LogP contribution in [0, 0.1) is 11.7 Å². The van der Waals surface area contributed by atoms with E-state index in [1.807, 2.05) is 0 Å². The molecule has 1 fully saturated rings. The van der Waals surface area contributed by atoms with Crippen molar-refractivity contribution in [1.82, 2.24) is 9.21 Å². The van der Waals surface area contributed by atoms with Crippen molar-refractivity contribution in [2.75, 3.05) is 33.7 Å². The maximum absolute atomic E-state index is 13.9. The Balaban J connectivity index is 2.11. The fourth-order valence-electron chi connectivity index (χ4n) is 2.56. The zero-order chi connectivity index (χ0) is 15.6. The molecule has 7 heteroatoms. The smallest absolute Gasteiger partial charge is 0.245 e. The van der Waals surface area contributed by atoms with Crippen LogP contribution in [0.5, 0.6) is 0 Å². The topological polar surface area (TPSA) is 40.6 Å². The van der Waals surface area contributed by atoms with E-state index in [2.05, 4.69) is 27.9 Å². The van der Waals surface area contributed by atoms with E-state index < -0.39 is 15.8 Å². The highest BCUT2D eigenvalue weighted by Crippen LogP contribution is 2.24. The molecule has 1 saturated heterocycles. The first-order valence-corrected chi connectivity index (χ1v) is 9.14. The lowest BCUT2D eigenvalue weighted by Gasteiger charge is -2.31. The van der Waals surface area contributed by atoms with Crippen molar-refractivity contribution in [1.29, 1.82) is 0 Å². The highest BCUT2D eigenvalue weighted by atomic mass is 79.9. The second kappa shape index (κ2) is 6.73. The third kappa shape index (κ3) is 4.03. The number of rotatable bonds is 4. The van der Waals surface area contributed by atoms with Crippen molar-refractivity contribution >= 4 is 26.0 Å². The summed E-state index contributed by atoms with van der Waals surface area (Å²) in [6.45, 7) is 2.39. The predicted molar refractivity (Wildman–Crippen MR) is 84.1 cm³/mol. The van der Waals surface area contributed by atoms with Crippen LogP contribution >= 0.6 is 15.9 Å². The summed E-state index contributed by atoms with van der Waals surface area (Å²) in [5.41, 5.74) is 0. The normalized spacial score (nSPS) is 18.3. The van der Waals surface area contributed by atoms with Crippen LogP contribution in [0.15, 0.2) is 27.6 Å². The molecule has 1 heterocycles. The average Bonchev–Trinajstić information content (AvgIpc) is 2.40. The van der Waals surface area contributed by atoms with Gasteiger partial charge in [-0.05, 0) is 57.1 Å². The Labute approximate surface area is 134 Å². The van der Waals surface area contributed by atoms with Gasteiger partial charge in [0.25, 0.3) is 0 Å². The summed E-state index contributed by atoms with van der Waals surface area (Å²) < 4.78 is 40.6. The van der Waals surface area contributed by atoms with E-state index in [1.165, 1.54) is 23.5 Å². The van der Waals surface area contributed by atoms with Crippen LogP contribution in [-0.2, 0) is 10.0 Å². The lowest BCUT2D eigenvalue weighted by Crippen LogP contribution is -2.38. The molecule has 0 aromatic heterocycles. The molecule has 1 aliphatic rings. The number of benzene rings is 1. The molecule has 0 amide bonds. The number of hydrogen-bond donors (Lipinski definition) is 0. The van der Waals surface area contributed by atoms with Crippen LogP contribution in [0.1, 0.15) is 12.8 Å². The fraction of sp³-hybridized carbons (Fsp3) is 0.571. The highest BCUT2D eigenvalue weighted by molar-refractivity contribution is 9.10. The molecule has 0 N–H and O–H groups in total. The summed E-state index contributed by atoms with van der Waals surface area (Å²) in [4.78, 5) is 1.97. The third-order valence-electron chi connectivity index (χ3n) is 3.94. The van der Waals surface area contributed by atoms with Gasteiger partial charge in [-0.1, -0.05) is 15.9 Å². The second-order valence-electron chi connectivity index (χ2n) is 5.61. The van der Waals surface area contributed by atoms with Crippen molar-refractivity contribution in [2.24, 2.45) is 5.92 Å². The number of hydrogen-bond acceptors (Lipinski definition) is 3. The maximum atomic E-state index is 13.9. The summed E-state index contributed by atoms with van der Waals surface area (Å²) >= 11 is 3.13. The maximum Gasteiger partial charge on any atom is 0.245 e. The van der Waals surface area contributed by atoms with Gasteiger partial charge in [-0.15, -0.1) is 0 Å². The van der Waals surface area contributed by atoms with Crippen molar-refractivity contribution in [3.8, 4) is 0 Å². The van der Waals surface area contributed by atoms with E-state index in [1.54, 1.807) is 6.07 Å². The molecular weight excluding hydrogens is 359 g/mol. The largest absolute Gasteiger partial charge is 0.306 e. The quantitative estimate of drug-likeness (QED) is 0.808. The van der Waals surface area contributed by atoms with Gasteiger partial charge in [0.2, 0.25) is 10.0 Å². The van der Waals surface area contributed by atoms with Gasteiger partial charge in [-0.3, -0.25) is 0 Å². The van der Waals surface area contributed by atoms with Gasteiger partial charge in [0, 0.05) is 18.1 Å². The van der Waals surface area contributed by atoms with Gasteiger partial charge in [0.05, 0.1) is 0 Å². The Hall–Kier alpha value is -0.500. The minimum atomic E-state index is -3.78. The van der Waals surface area contributed by atoms with E-state index in [4.69, 9.17) is 0 Å². The van der Waals surface area contributed by atoms with Crippen LogP contribution in [0.2, 0.25) is 0 Å². The number of nitrogens with zero attached hydrogens (tertiary/aromatic N) is 2. The van der Waals surface area contributed by atoms with Crippen molar-refractivity contribution in [3.63, 3.8) is 0 Å². The number of sulfonamides is 1. The van der Waals surface area contributed by atoms with Crippen molar-refractivity contribution < 1.29 is 12.8 Å². The molecule has 1 aromatic carbocycles. The van der Waals surface area contributed by atoms with Gasteiger partial charge in [-0.25, -0.2) is 17.1 Å². The van der Waals surface area contributed by atoms with Crippen LogP contribution in [0.25, 0.3) is 0 Å². The minimum Gasteiger partial charge on any atom is -0.306 e. The molecule has 2 rings (SSSR count). The Morgan fingerprint density at radius 1 is 1.38 bits per heavy atom. The molecule has 0 unspecified atom stereocenters. The van der Waals surface area contributed by atoms with Crippen LogP contribution in [-0.4, -0.2) is 51.4 Å².